The van der Waals surface area contributed by atoms with Crippen molar-refractivity contribution in [1.82, 2.24) is 9.66 Å². The minimum absolute atomic E-state index is 0.371. The molecule has 0 aliphatic rings. The van der Waals surface area contributed by atoms with Crippen LogP contribution >= 0.6 is 0 Å². The lowest BCUT2D eigenvalue weighted by Gasteiger charge is -2.15. The summed E-state index contributed by atoms with van der Waals surface area (Å²) in [6.45, 7) is 11.4. The highest BCUT2D eigenvalue weighted by atomic mass is 15.3. The van der Waals surface area contributed by atoms with Crippen LogP contribution in [0.1, 0.15) is 64.3 Å². The second kappa shape index (κ2) is 5.84. The Labute approximate surface area is 104 Å². The standard InChI is InChI=1S/C13H24N4/c1-6-7-15-13-16-11(9(2)3)8-12(10(4)5)17(13)14/h8-10H,6-7,14H2,1-5H3. The fourth-order valence-electron chi connectivity index (χ4n) is 1.60. The van der Waals surface area contributed by atoms with E-state index in [9.17, 15) is 0 Å². The topological polar surface area (TPSA) is 56.2 Å². The van der Waals surface area contributed by atoms with Crippen LogP contribution in [0.5, 0.6) is 0 Å². The van der Waals surface area contributed by atoms with Crippen LogP contribution in [0.2, 0.25) is 0 Å². The molecule has 4 heteroatoms. The van der Waals surface area contributed by atoms with Crippen molar-refractivity contribution in [1.29, 1.82) is 0 Å². The Morgan fingerprint density at radius 2 is 1.94 bits per heavy atom. The van der Waals surface area contributed by atoms with Crippen molar-refractivity contribution >= 4 is 0 Å². The summed E-state index contributed by atoms with van der Waals surface area (Å²) in [7, 11) is 0. The van der Waals surface area contributed by atoms with E-state index in [1.54, 1.807) is 4.68 Å². The number of nitrogen functional groups attached to an aromatic ring is 1. The molecule has 0 bridgehead atoms. The van der Waals surface area contributed by atoms with Crippen molar-refractivity contribution in [2.24, 2.45) is 4.99 Å². The van der Waals surface area contributed by atoms with Crippen molar-refractivity contribution in [2.75, 3.05) is 12.4 Å². The Hall–Kier alpha value is -1.32. The van der Waals surface area contributed by atoms with E-state index in [1.807, 2.05) is 0 Å². The van der Waals surface area contributed by atoms with Crippen LogP contribution in [0.4, 0.5) is 0 Å². The quantitative estimate of drug-likeness (QED) is 0.814. The van der Waals surface area contributed by atoms with E-state index in [0.717, 1.165) is 24.4 Å². The van der Waals surface area contributed by atoms with Crippen LogP contribution in [0.3, 0.4) is 0 Å². The fourth-order valence-corrected chi connectivity index (χ4v) is 1.60. The Bertz CT molecular complexity index is 430. The van der Waals surface area contributed by atoms with Crippen molar-refractivity contribution in [3.63, 3.8) is 0 Å². The molecule has 0 saturated carbocycles. The predicted molar refractivity (Wildman–Crippen MR) is 71.3 cm³/mol. The molecule has 0 radical (unpaired) electrons. The molecular formula is C13H24N4. The van der Waals surface area contributed by atoms with Gasteiger partial charge < -0.3 is 5.84 Å². The first-order valence-electron chi connectivity index (χ1n) is 6.36. The molecule has 1 rings (SSSR count). The second-order valence-corrected chi connectivity index (χ2v) is 4.97. The van der Waals surface area contributed by atoms with Crippen LogP contribution < -0.4 is 11.5 Å². The van der Waals surface area contributed by atoms with Gasteiger partial charge in [0.2, 0.25) is 5.62 Å². The van der Waals surface area contributed by atoms with E-state index in [0.29, 0.717) is 17.5 Å². The SMILES string of the molecule is CCCN=c1nc(C(C)C)cc(C(C)C)n1N. The summed E-state index contributed by atoms with van der Waals surface area (Å²) in [4.78, 5) is 8.96. The van der Waals surface area contributed by atoms with E-state index in [2.05, 4.69) is 50.7 Å². The monoisotopic (exact) mass is 236 g/mol. The third-order valence-corrected chi connectivity index (χ3v) is 2.68. The van der Waals surface area contributed by atoms with Gasteiger partial charge in [-0.1, -0.05) is 34.6 Å². The molecule has 0 aliphatic heterocycles. The van der Waals surface area contributed by atoms with E-state index in [-0.39, 0.29) is 0 Å². The third-order valence-electron chi connectivity index (χ3n) is 2.68. The van der Waals surface area contributed by atoms with Crippen molar-refractivity contribution < 1.29 is 0 Å². The second-order valence-electron chi connectivity index (χ2n) is 4.97. The normalized spacial score (nSPS) is 12.8. The molecule has 1 heterocycles. The lowest BCUT2D eigenvalue weighted by atomic mass is 10.1. The Balaban J connectivity index is 3.38. The van der Waals surface area contributed by atoms with E-state index in [1.165, 1.54) is 0 Å². The predicted octanol–water partition coefficient (Wildman–Crippen LogP) is 2.15. The molecule has 17 heavy (non-hydrogen) atoms. The molecule has 0 amide bonds. The summed E-state index contributed by atoms with van der Waals surface area (Å²) in [6.07, 6.45) is 1.00. The number of hydrogen-bond donors (Lipinski definition) is 1. The van der Waals surface area contributed by atoms with Gasteiger partial charge in [0.1, 0.15) is 0 Å². The van der Waals surface area contributed by atoms with Gasteiger partial charge >= 0.3 is 0 Å². The zero-order valence-corrected chi connectivity index (χ0v) is 11.6. The Morgan fingerprint density at radius 1 is 1.29 bits per heavy atom. The molecule has 0 unspecified atom stereocenters. The maximum Gasteiger partial charge on any atom is 0.244 e. The highest BCUT2D eigenvalue weighted by molar-refractivity contribution is 5.15. The number of nitrogens with zero attached hydrogens (tertiary/aromatic N) is 3. The smallest absolute Gasteiger partial charge is 0.244 e. The van der Waals surface area contributed by atoms with Crippen molar-refractivity contribution in [3.8, 4) is 0 Å². The fraction of sp³-hybridized carbons (Fsp3) is 0.692. The molecule has 2 N–H and O–H groups in total. The van der Waals surface area contributed by atoms with E-state index in [4.69, 9.17) is 5.84 Å². The van der Waals surface area contributed by atoms with Crippen LogP contribution in [0.25, 0.3) is 0 Å². The average molecular weight is 236 g/mol. The lowest BCUT2D eigenvalue weighted by molar-refractivity contribution is 0.662. The summed E-state index contributed by atoms with van der Waals surface area (Å²) in [5.41, 5.74) is 2.78. The van der Waals surface area contributed by atoms with Gasteiger partial charge in [-0.15, -0.1) is 0 Å². The minimum Gasteiger partial charge on any atom is -0.336 e. The summed E-state index contributed by atoms with van der Waals surface area (Å²) in [5.74, 6) is 6.82. The summed E-state index contributed by atoms with van der Waals surface area (Å²) in [5, 5.41) is 0. The van der Waals surface area contributed by atoms with Gasteiger partial charge in [-0.25, -0.2) is 14.7 Å². The van der Waals surface area contributed by atoms with E-state index < -0.39 is 0 Å². The van der Waals surface area contributed by atoms with Gasteiger partial charge in [0.25, 0.3) is 0 Å². The Kier molecular flexibility index (Phi) is 4.73. The first-order chi connectivity index (χ1) is 7.97. The van der Waals surface area contributed by atoms with Crippen molar-refractivity contribution in [3.05, 3.63) is 23.1 Å². The zero-order chi connectivity index (χ0) is 13.0. The van der Waals surface area contributed by atoms with Crippen LogP contribution in [-0.2, 0) is 0 Å². The largest absolute Gasteiger partial charge is 0.336 e. The molecule has 1 aromatic heterocycles. The molecule has 0 saturated heterocycles. The van der Waals surface area contributed by atoms with Gasteiger partial charge in [-0.05, 0) is 24.3 Å². The zero-order valence-electron chi connectivity index (χ0n) is 11.6. The number of aromatic nitrogens is 2. The molecule has 0 fully saturated rings. The van der Waals surface area contributed by atoms with Crippen LogP contribution in [-0.4, -0.2) is 16.2 Å². The maximum atomic E-state index is 6.05. The highest BCUT2D eigenvalue weighted by Gasteiger charge is 2.10. The molecule has 4 nitrogen and oxygen atoms in total. The molecule has 1 aromatic rings. The van der Waals surface area contributed by atoms with Gasteiger partial charge in [0.05, 0.1) is 0 Å². The first-order valence-corrected chi connectivity index (χ1v) is 6.36. The summed E-state index contributed by atoms with van der Waals surface area (Å²) < 4.78 is 1.62. The number of nitrogens with two attached hydrogens (primary N) is 1. The van der Waals surface area contributed by atoms with Crippen LogP contribution in [0, 0.1) is 0 Å². The molecule has 0 aliphatic carbocycles. The van der Waals surface area contributed by atoms with Crippen molar-refractivity contribution in [2.45, 2.75) is 52.9 Å². The maximum absolute atomic E-state index is 6.05. The molecular weight excluding hydrogens is 212 g/mol. The Morgan fingerprint density at radius 3 is 2.41 bits per heavy atom. The van der Waals surface area contributed by atoms with Gasteiger partial charge in [-0.3, -0.25) is 0 Å². The van der Waals surface area contributed by atoms with Gasteiger partial charge in [-0.2, -0.15) is 0 Å². The van der Waals surface area contributed by atoms with Crippen LogP contribution in [0.15, 0.2) is 11.1 Å². The van der Waals surface area contributed by atoms with Gasteiger partial charge in [0.15, 0.2) is 0 Å². The summed E-state index contributed by atoms with van der Waals surface area (Å²) >= 11 is 0. The first kappa shape index (κ1) is 13.7. The third kappa shape index (κ3) is 3.32. The minimum atomic E-state index is 0.371. The molecule has 96 valence electrons. The highest BCUT2D eigenvalue weighted by Crippen LogP contribution is 2.16. The number of hydrogen-bond acceptors (Lipinski definition) is 3. The summed E-state index contributed by atoms with van der Waals surface area (Å²) in [6, 6.07) is 2.08. The lowest BCUT2D eigenvalue weighted by Crippen LogP contribution is -2.35. The molecule has 0 atom stereocenters. The number of rotatable bonds is 4. The van der Waals surface area contributed by atoms with E-state index >= 15 is 0 Å². The molecule has 0 aromatic carbocycles. The molecule has 0 spiro atoms. The average Bonchev–Trinajstić information content (AvgIpc) is 2.26. The van der Waals surface area contributed by atoms with Gasteiger partial charge in [0, 0.05) is 17.9 Å².